The Labute approximate surface area is 124 Å². The van der Waals surface area contributed by atoms with Gasteiger partial charge < -0.3 is 9.31 Å². The Morgan fingerprint density at radius 2 is 1.50 bits per heavy atom. The Balaban J connectivity index is 2.25. The Morgan fingerprint density at radius 3 is 2.00 bits per heavy atom. The van der Waals surface area contributed by atoms with Crippen molar-refractivity contribution in [1.82, 2.24) is 0 Å². The van der Waals surface area contributed by atoms with Gasteiger partial charge in [0.2, 0.25) is 0 Å². The highest BCUT2D eigenvalue weighted by Crippen LogP contribution is 2.36. The highest BCUT2D eigenvalue weighted by molar-refractivity contribution is 6.62. The van der Waals surface area contributed by atoms with Crippen molar-refractivity contribution in [3.8, 4) is 0 Å². The molecule has 3 heteroatoms. The largest absolute Gasteiger partial charge is 0.494 e. The molecule has 110 valence electrons. The third-order valence-electron chi connectivity index (χ3n) is 4.96. The maximum atomic E-state index is 6.12. The Bertz CT molecular complexity index is 464. The van der Waals surface area contributed by atoms with Crippen LogP contribution < -0.4 is 5.46 Å². The standard InChI is InChI=1S/C17H27BO2/c1-12(2)13(3)14-9-8-10-15(11-14)18-19-16(4,5)17(6,7)20-18/h8-13H,1-7H3. The van der Waals surface area contributed by atoms with Crippen LogP contribution in [0.1, 0.15) is 59.9 Å². The first kappa shape index (κ1) is 15.6. The second-order valence-electron chi connectivity index (χ2n) is 7.29. The van der Waals surface area contributed by atoms with Crippen molar-refractivity contribution >= 4 is 12.6 Å². The van der Waals surface area contributed by atoms with Gasteiger partial charge in [0.05, 0.1) is 11.2 Å². The lowest BCUT2D eigenvalue weighted by Crippen LogP contribution is -2.41. The second kappa shape index (κ2) is 5.20. The first-order valence-electron chi connectivity index (χ1n) is 7.59. The van der Waals surface area contributed by atoms with Crippen LogP contribution in [0.25, 0.3) is 0 Å². The van der Waals surface area contributed by atoms with Crippen molar-refractivity contribution in [3.63, 3.8) is 0 Å². The molecular formula is C17H27BO2. The van der Waals surface area contributed by atoms with Crippen LogP contribution in [0.4, 0.5) is 0 Å². The molecule has 1 saturated heterocycles. The summed E-state index contributed by atoms with van der Waals surface area (Å²) in [6.07, 6.45) is 0. The zero-order valence-corrected chi connectivity index (χ0v) is 13.9. The van der Waals surface area contributed by atoms with Gasteiger partial charge >= 0.3 is 7.12 Å². The average molecular weight is 274 g/mol. The molecule has 0 N–H and O–H groups in total. The maximum Gasteiger partial charge on any atom is 0.494 e. The van der Waals surface area contributed by atoms with Gasteiger partial charge in [-0.2, -0.15) is 0 Å². The molecule has 0 spiro atoms. The van der Waals surface area contributed by atoms with E-state index in [1.54, 1.807) is 0 Å². The lowest BCUT2D eigenvalue weighted by atomic mass is 9.76. The Kier molecular flexibility index (Phi) is 4.05. The second-order valence-corrected chi connectivity index (χ2v) is 7.29. The molecule has 2 rings (SSSR count). The smallest absolute Gasteiger partial charge is 0.399 e. The lowest BCUT2D eigenvalue weighted by Gasteiger charge is -2.32. The first-order valence-corrected chi connectivity index (χ1v) is 7.59. The summed E-state index contributed by atoms with van der Waals surface area (Å²) in [5.41, 5.74) is 1.91. The first-order chi connectivity index (χ1) is 9.14. The van der Waals surface area contributed by atoms with E-state index in [1.807, 2.05) is 0 Å². The molecule has 1 atom stereocenters. The molecule has 1 aromatic carbocycles. The van der Waals surface area contributed by atoms with Crippen molar-refractivity contribution in [2.45, 2.75) is 65.6 Å². The summed E-state index contributed by atoms with van der Waals surface area (Å²) < 4.78 is 12.2. The molecule has 1 aromatic rings. The highest BCUT2D eigenvalue weighted by atomic mass is 16.7. The van der Waals surface area contributed by atoms with Crippen LogP contribution in [0, 0.1) is 5.92 Å². The zero-order valence-electron chi connectivity index (χ0n) is 13.9. The summed E-state index contributed by atoms with van der Waals surface area (Å²) in [6.45, 7) is 15.1. The number of benzene rings is 1. The van der Waals surface area contributed by atoms with E-state index in [0.717, 1.165) is 5.46 Å². The molecule has 0 saturated carbocycles. The quantitative estimate of drug-likeness (QED) is 0.782. The van der Waals surface area contributed by atoms with Crippen molar-refractivity contribution < 1.29 is 9.31 Å². The number of hydrogen-bond donors (Lipinski definition) is 0. The van der Waals surface area contributed by atoms with Crippen molar-refractivity contribution in [2.24, 2.45) is 5.92 Å². The van der Waals surface area contributed by atoms with E-state index >= 15 is 0 Å². The molecule has 0 amide bonds. The molecule has 1 aliphatic heterocycles. The minimum Gasteiger partial charge on any atom is -0.399 e. The molecule has 0 radical (unpaired) electrons. The van der Waals surface area contributed by atoms with Gasteiger partial charge in [0.1, 0.15) is 0 Å². The van der Waals surface area contributed by atoms with Crippen LogP contribution in [0.2, 0.25) is 0 Å². The molecular weight excluding hydrogens is 247 g/mol. The van der Waals surface area contributed by atoms with Crippen molar-refractivity contribution in [2.75, 3.05) is 0 Å². The van der Waals surface area contributed by atoms with E-state index in [0.29, 0.717) is 11.8 Å². The van der Waals surface area contributed by atoms with E-state index in [4.69, 9.17) is 9.31 Å². The van der Waals surface area contributed by atoms with Crippen LogP contribution in [0.5, 0.6) is 0 Å². The summed E-state index contributed by atoms with van der Waals surface area (Å²) >= 11 is 0. The highest BCUT2D eigenvalue weighted by Gasteiger charge is 2.51. The SMILES string of the molecule is CC(C)C(C)c1cccc(B2OC(C)(C)C(C)(C)O2)c1. The van der Waals surface area contributed by atoms with Gasteiger partial charge in [0.15, 0.2) is 0 Å². The molecule has 0 aliphatic carbocycles. The van der Waals surface area contributed by atoms with Crippen molar-refractivity contribution in [3.05, 3.63) is 29.8 Å². The lowest BCUT2D eigenvalue weighted by molar-refractivity contribution is 0.00578. The zero-order chi connectivity index (χ0) is 15.1. The third-order valence-corrected chi connectivity index (χ3v) is 4.96. The summed E-state index contributed by atoms with van der Waals surface area (Å²) in [5.74, 6) is 1.17. The van der Waals surface area contributed by atoms with E-state index in [-0.39, 0.29) is 18.3 Å². The molecule has 1 fully saturated rings. The molecule has 1 unspecified atom stereocenters. The fourth-order valence-electron chi connectivity index (χ4n) is 2.35. The van der Waals surface area contributed by atoms with Crippen LogP contribution in [-0.4, -0.2) is 18.3 Å². The predicted molar refractivity (Wildman–Crippen MR) is 85.4 cm³/mol. The molecule has 0 bridgehead atoms. The molecule has 1 heterocycles. The average Bonchev–Trinajstić information content (AvgIpc) is 2.57. The molecule has 1 aliphatic rings. The van der Waals surface area contributed by atoms with Gasteiger partial charge in [-0.05, 0) is 50.6 Å². The fraction of sp³-hybridized carbons (Fsp3) is 0.647. The molecule has 0 aromatic heterocycles. The summed E-state index contributed by atoms with van der Waals surface area (Å²) in [6, 6.07) is 8.62. The summed E-state index contributed by atoms with van der Waals surface area (Å²) in [5, 5.41) is 0. The van der Waals surface area contributed by atoms with Crippen LogP contribution in [0.15, 0.2) is 24.3 Å². The number of hydrogen-bond acceptors (Lipinski definition) is 2. The predicted octanol–water partition coefficient (Wildman–Crippen LogP) is 3.75. The van der Waals surface area contributed by atoms with E-state index in [2.05, 4.69) is 72.7 Å². The maximum absolute atomic E-state index is 6.12. The molecule has 2 nitrogen and oxygen atoms in total. The van der Waals surface area contributed by atoms with Gasteiger partial charge in [-0.15, -0.1) is 0 Å². The van der Waals surface area contributed by atoms with Crippen molar-refractivity contribution in [1.29, 1.82) is 0 Å². The van der Waals surface area contributed by atoms with Gasteiger partial charge in [-0.3, -0.25) is 0 Å². The van der Waals surface area contributed by atoms with Gasteiger partial charge in [0, 0.05) is 0 Å². The fourth-order valence-corrected chi connectivity index (χ4v) is 2.35. The monoisotopic (exact) mass is 274 g/mol. The van der Waals surface area contributed by atoms with E-state index in [1.165, 1.54) is 5.56 Å². The summed E-state index contributed by atoms with van der Waals surface area (Å²) in [7, 11) is -0.265. The van der Waals surface area contributed by atoms with E-state index in [9.17, 15) is 0 Å². The topological polar surface area (TPSA) is 18.5 Å². The normalized spacial score (nSPS) is 22.3. The van der Waals surface area contributed by atoms with Crippen LogP contribution >= 0.6 is 0 Å². The molecule has 20 heavy (non-hydrogen) atoms. The Morgan fingerprint density at radius 1 is 0.950 bits per heavy atom. The minimum atomic E-state index is -0.280. The van der Waals surface area contributed by atoms with Gasteiger partial charge in [-0.25, -0.2) is 0 Å². The van der Waals surface area contributed by atoms with Crippen LogP contribution in [0.3, 0.4) is 0 Å². The minimum absolute atomic E-state index is 0.265. The number of rotatable bonds is 3. The van der Waals surface area contributed by atoms with Gasteiger partial charge in [-0.1, -0.05) is 45.0 Å². The van der Waals surface area contributed by atoms with E-state index < -0.39 is 0 Å². The van der Waals surface area contributed by atoms with Crippen LogP contribution in [-0.2, 0) is 9.31 Å². The Hall–Kier alpha value is -0.795. The summed E-state index contributed by atoms with van der Waals surface area (Å²) in [4.78, 5) is 0. The third kappa shape index (κ3) is 2.80. The van der Waals surface area contributed by atoms with Gasteiger partial charge in [0.25, 0.3) is 0 Å².